The molecule has 122 valence electrons. The summed E-state index contributed by atoms with van der Waals surface area (Å²) >= 11 is 1.37. The third kappa shape index (κ3) is 3.62. The van der Waals surface area contributed by atoms with E-state index in [1.54, 1.807) is 12.4 Å². The molecule has 0 saturated carbocycles. The summed E-state index contributed by atoms with van der Waals surface area (Å²) in [7, 11) is 1.89. The lowest BCUT2D eigenvalue weighted by Gasteiger charge is -2.11. The van der Waals surface area contributed by atoms with Gasteiger partial charge in [0.25, 0.3) is 0 Å². The van der Waals surface area contributed by atoms with Gasteiger partial charge in [0.2, 0.25) is 5.91 Å². The molecule has 1 amide bonds. The van der Waals surface area contributed by atoms with Crippen molar-refractivity contribution in [2.75, 3.05) is 5.32 Å². The zero-order valence-electron chi connectivity index (χ0n) is 13.4. The van der Waals surface area contributed by atoms with E-state index in [9.17, 15) is 4.79 Å². The number of thioether (sulfide) groups is 1. The maximum Gasteiger partial charge on any atom is 0.237 e. The van der Waals surface area contributed by atoms with Gasteiger partial charge in [0.1, 0.15) is 0 Å². The van der Waals surface area contributed by atoms with Gasteiger partial charge in [-0.05, 0) is 31.2 Å². The van der Waals surface area contributed by atoms with Gasteiger partial charge in [0, 0.05) is 30.7 Å². The summed E-state index contributed by atoms with van der Waals surface area (Å²) in [6.07, 6.45) is 3.43. The van der Waals surface area contributed by atoms with Crippen molar-refractivity contribution in [3.8, 4) is 11.4 Å². The van der Waals surface area contributed by atoms with Gasteiger partial charge >= 0.3 is 0 Å². The summed E-state index contributed by atoms with van der Waals surface area (Å²) in [6, 6.07) is 13.2. The maximum absolute atomic E-state index is 12.3. The van der Waals surface area contributed by atoms with Crippen LogP contribution in [0.3, 0.4) is 0 Å². The summed E-state index contributed by atoms with van der Waals surface area (Å²) in [6.45, 7) is 1.85. The minimum atomic E-state index is -0.293. The quantitative estimate of drug-likeness (QED) is 0.724. The van der Waals surface area contributed by atoms with Gasteiger partial charge in [0.15, 0.2) is 11.0 Å². The monoisotopic (exact) mass is 339 g/mol. The van der Waals surface area contributed by atoms with Crippen LogP contribution in [0.25, 0.3) is 11.4 Å². The van der Waals surface area contributed by atoms with E-state index in [1.165, 1.54) is 11.8 Å². The topological polar surface area (TPSA) is 72.7 Å². The molecule has 1 aromatic carbocycles. The summed E-state index contributed by atoms with van der Waals surface area (Å²) in [4.78, 5) is 16.3. The molecular weight excluding hydrogens is 322 g/mol. The van der Waals surface area contributed by atoms with E-state index in [0.717, 1.165) is 17.1 Å². The molecule has 0 aliphatic carbocycles. The van der Waals surface area contributed by atoms with Gasteiger partial charge in [-0.25, -0.2) is 0 Å². The molecule has 0 aliphatic heterocycles. The predicted molar refractivity (Wildman–Crippen MR) is 94.6 cm³/mol. The minimum Gasteiger partial charge on any atom is -0.325 e. The SMILES string of the molecule is CC(Sc1nnc(-c2ccncc2)n1C)C(=O)Nc1ccccc1. The van der Waals surface area contributed by atoms with E-state index in [4.69, 9.17) is 0 Å². The average molecular weight is 339 g/mol. The molecule has 24 heavy (non-hydrogen) atoms. The Balaban J connectivity index is 1.70. The van der Waals surface area contributed by atoms with Crippen molar-refractivity contribution in [2.24, 2.45) is 7.05 Å². The second kappa shape index (κ2) is 7.27. The smallest absolute Gasteiger partial charge is 0.237 e. The van der Waals surface area contributed by atoms with Crippen molar-refractivity contribution in [1.82, 2.24) is 19.7 Å². The molecule has 0 aliphatic rings. The largest absolute Gasteiger partial charge is 0.325 e. The lowest BCUT2D eigenvalue weighted by atomic mass is 10.2. The molecule has 3 rings (SSSR count). The lowest BCUT2D eigenvalue weighted by molar-refractivity contribution is -0.115. The molecule has 0 saturated heterocycles. The van der Waals surface area contributed by atoms with Gasteiger partial charge in [-0.1, -0.05) is 30.0 Å². The Kier molecular flexibility index (Phi) is 4.90. The fraction of sp³-hybridized carbons (Fsp3) is 0.176. The number of aromatic nitrogens is 4. The number of rotatable bonds is 5. The fourth-order valence-corrected chi connectivity index (χ4v) is 2.96. The van der Waals surface area contributed by atoms with E-state index < -0.39 is 0 Å². The summed E-state index contributed by atoms with van der Waals surface area (Å²) < 4.78 is 1.88. The average Bonchev–Trinajstić information content (AvgIpc) is 2.97. The van der Waals surface area contributed by atoms with Crippen molar-refractivity contribution >= 4 is 23.4 Å². The molecule has 7 heteroatoms. The van der Waals surface area contributed by atoms with E-state index in [2.05, 4.69) is 20.5 Å². The van der Waals surface area contributed by atoms with E-state index in [1.807, 2.05) is 61.0 Å². The van der Waals surface area contributed by atoms with E-state index >= 15 is 0 Å². The highest BCUT2D eigenvalue weighted by molar-refractivity contribution is 8.00. The molecule has 6 nitrogen and oxygen atoms in total. The molecule has 3 aromatic rings. The van der Waals surface area contributed by atoms with Crippen LogP contribution in [0.15, 0.2) is 60.0 Å². The van der Waals surface area contributed by atoms with Crippen molar-refractivity contribution in [2.45, 2.75) is 17.3 Å². The van der Waals surface area contributed by atoms with Gasteiger partial charge in [0.05, 0.1) is 5.25 Å². The van der Waals surface area contributed by atoms with E-state index in [0.29, 0.717) is 5.16 Å². The molecule has 1 atom stereocenters. The van der Waals surface area contributed by atoms with Crippen molar-refractivity contribution in [3.63, 3.8) is 0 Å². The standard InChI is InChI=1S/C17H17N5OS/c1-12(16(23)19-14-6-4-3-5-7-14)24-17-21-20-15(22(17)2)13-8-10-18-11-9-13/h3-12H,1-2H3,(H,19,23). The van der Waals surface area contributed by atoms with Crippen LogP contribution >= 0.6 is 11.8 Å². The Morgan fingerprint density at radius 3 is 2.54 bits per heavy atom. The first-order valence-corrected chi connectivity index (χ1v) is 8.35. The van der Waals surface area contributed by atoms with Gasteiger partial charge in [-0.15, -0.1) is 10.2 Å². The van der Waals surface area contributed by atoms with Crippen LogP contribution in [-0.2, 0) is 11.8 Å². The van der Waals surface area contributed by atoms with Crippen molar-refractivity contribution in [3.05, 3.63) is 54.9 Å². The first-order chi connectivity index (χ1) is 11.6. The minimum absolute atomic E-state index is 0.0698. The molecule has 0 fully saturated rings. The Bertz CT molecular complexity index is 820. The number of nitrogens with zero attached hydrogens (tertiary/aromatic N) is 4. The highest BCUT2D eigenvalue weighted by atomic mass is 32.2. The van der Waals surface area contributed by atoms with Crippen LogP contribution in [0.1, 0.15) is 6.92 Å². The van der Waals surface area contributed by atoms with Crippen LogP contribution in [0.5, 0.6) is 0 Å². The molecule has 0 spiro atoms. The number of hydrogen-bond donors (Lipinski definition) is 1. The number of anilines is 1. The Labute approximate surface area is 144 Å². The normalized spacial score (nSPS) is 11.9. The third-order valence-electron chi connectivity index (χ3n) is 3.47. The zero-order chi connectivity index (χ0) is 16.9. The highest BCUT2D eigenvalue weighted by Crippen LogP contribution is 2.25. The fourth-order valence-electron chi connectivity index (χ4n) is 2.15. The van der Waals surface area contributed by atoms with Crippen LogP contribution in [0.4, 0.5) is 5.69 Å². The number of hydrogen-bond acceptors (Lipinski definition) is 5. The second-order valence-corrected chi connectivity index (χ2v) is 6.52. The molecule has 1 unspecified atom stereocenters. The molecule has 2 aromatic heterocycles. The highest BCUT2D eigenvalue weighted by Gasteiger charge is 2.19. The summed E-state index contributed by atoms with van der Waals surface area (Å²) in [5.41, 5.74) is 1.72. The number of carbonyl (C=O) groups excluding carboxylic acids is 1. The first kappa shape index (κ1) is 16.2. The Morgan fingerprint density at radius 1 is 1.12 bits per heavy atom. The van der Waals surface area contributed by atoms with Crippen LogP contribution < -0.4 is 5.32 Å². The number of nitrogens with one attached hydrogen (secondary N) is 1. The van der Waals surface area contributed by atoms with Crippen LogP contribution in [0, 0.1) is 0 Å². The number of amides is 1. The van der Waals surface area contributed by atoms with Gasteiger partial charge < -0.3 is 9.88 Å². The molecule has 1 N–H and O–H groups in total. The second-order valence-electron chi connectivity index (χ2n) is 5.22. The number of pyridine rings is 1. The van der Waals surface area contributed by atoms with Crippen LogP contribution in [0.2, 0.25) is 0 Å². The third-order valence-corrected chi connectivity index (χ3v) is 4.60. The van der Waals surface area contributed by atoms with Gasteiger partial charge in [-0.3, -0.25) is 9.78 Å². The van der Waals surface area contributed by atoms with E-state index in [-0.39, 0.29) is 11.2 Å². The number of para-hydroxylation sites is 1. The Morgan fingerprint density at radius 2 is 1.83 bits per heavy atom. The Hall–Kier alpha value is -2.67. The number of carbonyl (C=O) groups is 1. The number of benzene rings is 1. The summed E-state index contributed by atoms with van der Waals surface area (Å²) in [5, 5.41) is 11.7. The molecular formula is C17H17N5OS. The molecule has 2 heterocycles. The molecule has 0 bridgehead atoms. The zero-order valence-corrected chi connectivity index (χ0v) is 14.2. The van der Waals surface area contributed by atoms with Crippen LogP contribution in [-0.4, -0.2) is 30.9 Å². The maximum atomic E-state index is 12.3. The first-order valence-electron chi connectivity index (χ1n) is 7.47. The molecule has 0 radical (unpaired) electrons. The predicted octanol–water partition coefficient (Wildman–Crippen LogP) is 3.00. The van der Waals surface area contributed by atoms with Crippen molar-refractivity contribution in [1.29, 1.82) is 0 Å². The van der Waals surface area contributed by atoms with Gasteiger partial charge in [-0.2, -0.15) is 0 Å². The van der Waals surface area contributed by atoms with Crippen molar-refractivity contribution < 1.29 is 4.79 Å². The lowest BCUT2D eigenvalue weighted by Crippen LogP contribution is -2.22. The summed E-state index contributed by atoms with van der Waals surface area (Å²) in [5.74, 6) is 0.676.